The lowest BCUT2D eigenvalue weighted by molar-refractivity contribution is 0.142. The van der Waals surface area contributed by atoms with Crippen molar-refractivity contribution < 1.29 is 19.7 Å². The fraction of sp³-hybridized carbons (Fsp3) is 0.364. The molecular weight excluding hydrogens is 422 g/mol. The second-order valence-electron chi connectivity index (χ2n) is 7.77. The maximum absolute atomic E-state index is 12.5. The quantitative estimate of drug-likeness (QED) is 0.451. The van der Waals surface area contributed by atoms with Crippen LogP contribution < -0.4 is 15.6 Å². The van der Waals surface area contributed by atoms with Crippen molar-refractivity contribution >= 4 is 29.5 Å². The Morgan fingerprint density at radius 2 is 2.10 bits per heavy atom. The summed E-state index contributed by atoms with van der Waals surface area (Å²) < 4.78 is 6.72. The Morgan fingerprint density at radius 3 is 2.77 bits per heavy atom. The van der Waals surface area contributed by atoms with Gasteiger partial charge in [-0.15, -0.1) is 12.4 Å². The van der Waals surface area contributed by atoms with Crippen molar-refractivity contribution in [1.29, 1.82) is 0 Å². The number of aromatic hydroxyl groups is 1. The third kappa shape index (κ3) is 3.88. The molecule has 1 unspecified atom stereocenters. The highest BCUT2D eigenvalue weighted by Gasteiger charge is 2.28. The lowest BCUT2D eigenvalue weighted by Gasteiger charge is -2.16. The van der Waals surface area contributed by atoms with Crippen molar-refractivity contribution in [3.05, 3.63) is 45.4 Å². The molecule has 1 atom stereocenters. The number of carboxylic acid groups (broad SMARTS) is 1. The molecule has 0 spiro atoms. The SMILES string of the molecule is CCNCc1cc2cc3c(cc2n1C)CCC(C)c1c-3[nH]c(=O)c(OC(=O)O)c1O.Cl. The number of fused-ring (bicyclic) bond motifs is 4. The van der Waals surface area contributed by atoms with Gasteiger partial charge < -0.3 is 29.8 Å². The highest BCUT2D eigenvalue weighted by Crippen LogP contribution is 2.44. The number of ether oxygens (including phenoxy) is 1. The van der Waals surface area contributed by atoms with Gasteiger partial charge in [-0.1, -0.05) is 13.8 Å². The third-order valence-electron chi connectivity index (χ3n) is 5.91. The number of halogens is 1. The zero-order valence-corrected chi connectivity index (χ0v) is 18.4. The topological polar surface area (TPSA) is 117 Å². The molecule has 2 heterocycles. The molecule has 3 aromatic rings. The van der Waals surface area contributed by atoms with Crippen molar-refractivity contribution in [3.63, 3.8) is 0 Å². The van der Waals surface area contributed by atoms with E-state index < -0.39 is 23.2 Å². The lowest BCUT2D eigenvalue weighted by Crippen LogP contribution is -2.17. The predicted molar refractivity (Wildman–Crippen MR) is 121 cm³/mol. The van der Waals surface area contributed by atoms with E-state index in [0.29, 0.717) is 11.3 Å². The molecule has 31 heavy (non-hydrogen) atoms. The van der Waals surface area contributed by atoms with Crippen LogP contribution in [-0.4, -0.2) is 32.5 Å². The highest BCUT2D eigenvalue weighted by molar-refractivity contribution is 5.89. The average Bonchev–Trinajstić information content (AvgIpc) is 2.93. The molecule has 166 valence electrons. The zero-order chi connectivity index (χ0) is 21.6. The van der Waals surface area contributed by atoms with Gasteiger partial charge in [0.15, 0.2) is 5.75 Å². The van der Waals surface area contributed by atoms with Crippen molar-refractivity contribution in [2.75, 3.05) is 6.54 Å². The molecule has 0 fully saturated rings. The monoisotopic (exact) mass is 447 g/mol. The molecule has 4 rings (SSSR count). The molecule has 1 aliphatic carbocycles. The second kappa shape index (κ2) is 8.64. The van der Waals surface area contributed by atoms with Crippen molar-refractivity contribution in [1.82, 2.24) is 14.9 Å². The van der Waals surface area contributed by atoms with E-state index in [4.69, 9.17) is 5.11 Å². The van der Waals surface area contributed by atoms with Gasteiger partial charge >= 0.3 is 6.16 Å². The zero-order valence-electron chi connectivity index (χ0n) is 17.6. The van der Waals surface area contributed by atoms with Crippen LogP contribution in [0, 0.1) is 0 Å². The van der Waals surface area contributed by atoms with E-state index in [1.165, 1.54) is 0 Å². The van der Waals surface area contributed by atoms with Gasteiger partial charge in [-0.05, 0) is 49.1 Å². The van der Waals surface area contributed by atoms with Gasteiger partial charge in [0.2, 0.25) is 5.75 Å². The molecule has 0 saturated carbocycles. The molecule has 0 bridgehead atoms. The molecule has 9 heteroatoms. The molecule has 4 N–H and O–H groups in total. The van der Waals surface area contributed by atoms with Gasteiger partial charge in [-0.2, -0.15) is 0 Å². The van der Waals surface area contributed by atoms with Gasteiger partial charge in [0.25, 0.3) is 5.56 Å². The van der Waals surface area contributed by atoms with E-state index in [2.05, 4.69) is 38.7 Å². The molecule has 2 aromatic heterocycles. The first-order valence-corrected chi connectivity index (χ1v) is 10.0. The van der Waals surface area contributed by atoms with E-state index in [0.717, 1.165) is 53.7 Å². The number of benzene rings is 1. The molecule has 0 radical (unpaired) electrons. The largest absolute Gasteiger partial charge is 0.511 e. The Balaban J connectivity index is 0.00000272. The van der Waals surface area contributed by atoms with Crippen molar-refractivity contribution in [3.8, 4) is 22.8 Å². The maximum atomic E-state index is 12.5. The van der Waals surface area contributed by atoms with E-state index in [1.807, 2.05) is 20.0 Å². The molecule has 1 aliphatic rings. The minimum atomic E-state index is -1.64. The number of nitrogens with one attached hydrogen (secondary N) is 2. The molecule has 1 aromatic carbocycles. The maximum Gasteiger partial charge on any atom is 0.511 e. The number of aromatic amines is 1. The number of aromatic nitrogens is 2. The summed E-state index contributed by atoms with van der Waals surface area (Å²) in [5.41, 5.74) is 4.44. The van der Waals surface area contributed by atoms with Crippen LogP contribution in [0.4, 0.5) is 4.79 Å². The predicted octanol–water partition coefficient (Wildman–Crippen LogP) is 3.88. The molecule has 0 aliphatic heterocycles. The van der Waals surface area contributed by atoms with Crippen LogP contribution in [-0.2, 0) is 20.0 Å². The first kappa shape index (κ1) is 22.7. The number of carbonyl (C=O) groups is 1. The standard InChI is InChI=1S/C22H25N3O5.ClH/c1-4-23-10-14-7-13-8-15-12(9-16(13)25(14)3)6-5-11(2)17-18(15)24-21(27)20(19(17)26)30-22(28)29;/h7-9,11,23H,4-6,10H2,1-3H3,(H,28,29)(H2,24,26,27);1H. The van der Waals surface area contributed by atoms with E-state index in [1.54, 1.807) is 0 Å². The summed E-state index contributed by atoms with van der Waals surface area (Å²) in [6.07, 6.45) is -0.130. The average molecular weight is 448 g/mol. The Labute approximate surface area is 185 Å². The van der Waals surface area contributed by atoms with Crippen LogP contribution in [0.15, 0.2) is 23.0 Å². The normalized spacial score (nSPS) is 15.0. The van der Waals surface area contributed by atoms with Gasteiger partial charge in [0, 0.05) is 41.3 Å². The van der Waals surface area contributed by atoms with Gasteiger partial charge in [0.1, 0.15) is 0 Å². The van der Waals surface area contributed by atoms with Gasteiger partial charge in [-0.3, -0.25) is 4.79 Å². The van der Waals surface area contributed by atoms with Crippen LogP contribution >= 0.6 is 12.4 Å². The minimum absolute atomic E-state index is 0. The summed E-state index contributed by atoms with van der Waals surface area (Å²) >= 11 is 0. The van der Waals surface area contributed by atoms with Crippen molar-refractivity contribution in [2.45, 2.75) is 39.2 Å². The highest BCUT2D eigenvalue weighted by atomic mass is 35.5. The second-order valence-corrected chi connectivity index (χ2v) is 7.77. The number of nitrogens with zero attached hydrogens (tertiary/aromatic N) is 1. The van der Waals surface area contributed by atoms with Gasteiger partial charge in [0.05, 0.1) is 5.69 Å². The number of hydrogen-bond acceptors (Lipinski definition) is 5. The van der Waals surface area contributed by atoms with Crippen molar-refractivity contribution in [2.24, 2.45) is 7.05 Å². The van der Waals surface area contributed by atoms with E-state index in [-0.39, 0.29) is 18.3 Å². The molecule has 8 nitrogen and oxygen atoms in total. The van der Waals surface area contributed by atoms with E-state index >= 15 is 0 Å². The minimum Gasteiger partial charge on any atom is -0.504 e. The van der Waals surface area contributed by atoms with Gasteiger partial charge in [-0.25, -0.2) is 4.79 Å². The number of aryl methyl sites for hydroxylation is 2. The lowest BCUT2D eigenvalue weighted by atomic mass is 9.95. The summed E-state index contributed by atoms with van der Waals surface area (Å²) in [5.74, 6) is -1.07. The smallest absolute Gasteiger partial charge is 0.504 e. The van der Waals surface area contributed by atoms with Crippen LogP contribution in [0.2, 0.25) is 0 Å². The molecule has 0 amide bonds. The number of hydrogen-bond donors (Lipinski definition) is 4. The van der Waals surface area contributed by atoms with E-state index in [9.17, 15) is 14.7 Å². The third-order valence-corrected chi connectivity index (χ3v) is 5.91. The van der Waals surface area contributed by atoms with Crippen LogP contribution in [0.25, 0.3) is 22.2 Å². The first-order valence-electron chi connectivity index (χ1n) is 10.0. The summed E-state index contributed by atoms with van der Waals surface area (Å²) in [6.45, 7) is 5.65. The Kier molecular flexibility index (Phi) is 6.33. The summed E-state index contributed by atoms with van der Waals surface area (Å²) in [5, 5.41) is 24.0. The molecule has 0 saturated heterocycles. The summed E-state index contributed by atoms with van der Waals surface area (Å²) in [4.78, 5) is 26.2. The van der Waals surface area contributed by atoms with Crippen LogP contribution in [0.1, 0.15) is 43.0 Å². The summed E-state index contributed by atoms with van der Waals surface area (Å²) in [7, 11) is 2.04. The van der Waals surface area contributed by atoms with Crippen LogP contribution in [0.5, 0.6) is 11.5 Å². The number of H-pyrrole nitrogens is 1. The Hall–Kier alpha value is -2.97. The fourth-order valence-electron chi connectivity index (χ4n) is 4.32. The Morgan fingerprint density at radius 1 is 1.35 bits per heavy atom. The Bertz CT molecular complexity index is 1210. The summed E-state index contributed by atoms with van der Waals surface area (Å²) in [6, 6.07) is 6.29. The fourth-order valence-corrected chi connectivity index (χ4v) is 4.32. The number of pyridine rings is 1. The molecular formula is C22H26ClN3O5. The first-order chi connectivity index (χ1) is 14.3. The van der Waals surface area contributed by atoms with Crippen LogP contribution in [0.3, 0.4) is 0 Å². The number of rotatable bonds is 4.